The van der Waals surface area contributed by atoms with Gasteiger partial charge in [0.05, 0.1) is 11.6 Å². The first-order valence-corrected chi connectivity index (χ1v) is 5.67. The van der Waals surface area contributed by atoms with Gasteiger partial charge in [0.1, 0.15) is 5.75 Å². The molecule has 0 spiro atoms. The van der Waals surface area contributed by atoms with Crippen LogP contribution >= 0.6 is 34.8 Å². The number of benzene rings is 1. The lowest BCUT2D eigenvalue weighted by Crippen LogP contribution is -1.98. The van der Waals surface area contributed by atoms with Gasteiger partial charge in [0.15, 0.2) is 0 Å². The van der Waals surface area contributed by atoms with Gasteiger partial charge >= 0.3 is 0 Å². The Labute approximate surface area is 98.9 Å². The SMILES string of the molecule is ClCCCCOc1cc(Cl)ccc1Cl. The molecule has 0 N–H and O–H groups in total. The maximum Gasteiger partial charge on any atom is 0.139 e. The summed E-state index contributed by atoms with van der Waals surface area (Å²) < 4.78 is 5.44. The number of alkyl halides is 1. The Morgan fingerprint density at radius 3 is 2.64 bits per heavy atom. The maximum absolute atomic E-state index is 5.90. The third-order valence-corrected chi connectivity index (χ3v) is 2.49. The molecule has 1 rings (SSSR count). The van der Waals surface area contributed by atoms with E-state index in [1.54, 1.807) is 18.2 Å². The zero-order valence-electron chi connectivity index (χ0n) is 7.60. The molecule has 0 saturated heterocycles. The van der Waals surface area contributed by atoms with Gasteiger partial charge in [-0.3, -0.25) is 0 Å². The molecule has 1 aromatic carbocycles. The second kappa shape index (κ2) is 6.39. The average molecular weight is 254 g/mol. The molecule has 0 atom stereocenters. The van der Waals surface area contributed by atoms with Crippen LogP contribution in [0, 0.1) is 0 Å². The largest absolute Gasteiger partial charge is 0.492 e. The van der Waals surface area contributed by atoms with Crippen molar-refractivity contribution in [2.45, 2.75) is 12.8 Å². The van der Waals surface area contributed by atoms with Crippen molar-refractivity contribution in [1.82, 2.24) is 0 Å². The minimum Gasteiger partial charge on any atom is -0.492 e. The van der Waals surface area contributed by atoms with Crippen LogP contribution in [0.15, 0.2) is 18.2 Å². The van der Waals surface area contributed by atoms with E-state index in [1.165, 1.54) is 0 Å². The van der Waals surface area contributed by atoms with Gasteiger partial charge in [-0.2, -0.15) is 0 Å². The smallest absolute Gasteiger partial charge is 0.139 e. The van der Waals surface area contributed by atoms with Gasteiger partial charge in [0.2, 0.25) is 0 Å². The molecule has 0 aromatic heterocycles. The molecule has 0 heterocycles. The first-order chi connectivity index (χ1) is 6.74. The van der Waals surface area contributed by atoms with Crippen LogP contribution in [0.25, 0.3) is 0 Å². The fraction of sp³-hybridized carbons (Fsp3) is 0.400. The number of ether oxygens (including phenoxy) is 1. The van der Waals surface area contributed by atoms with E-state index >= 15 is 0 Å². The Kier molecular flexibility index (Phi) is 5.46. The summed E-state index contributed by atoms with van der Waals surface area (Å²) in [7, 11) is 0. The first kappa shape index (κ1) is 12.0. The lowest BCUT2D eigenvalue weighted by atomic mass is 10.3. The highest BCUT2D eigenvalue weighted by atomic mass is 35.5. The van der Waals surface area contributed by atoms with Gasteiger partial charge < -0.3 is 4.74 Å². The van der Waals surface area contributed by atoms with Crippen molar-refractivity contribution in [3.05, 3.63) is 28.2 Å². The number of hydrogen-bond donors (Lipinski definition) is 0. The predicted octanol–water partition coefficient (Wildman–Crippen LogP) is 4.39. The number of halogens is 3. The van der Waals surface area contributed by atoms with Crippen LogP contribution in [0.2, 0.25) is 10.0 Å². The Morgan fingerprint density at radius 2 is 1.93 bits per heavy atom. The van der Waals surface area contributed by atoms with E-state index in [2.05, 4.69) is 0 Å². The molecule has 14 heavy (non-hydrogen) atoms. The molecular formula is C10H11Cl3O. The highest BCUT2D eigenvalue weighted by molar-refractivity contribution is 6.34. The Hall–Kier alpha value is -0.110. The van der Waals surface area contributed by atoms with E-state index in [9.17, 15) is 0 Å². The van der Waals surface area contributed by atoms with Crippen molar-refractivity contribution in [1.29, 1.82) is 0 Å². The molecule has 4 heteroatoms. The maximum atomic E-state index is 5.90. The van der Waals surface area contributed by atoms with Crippen molar-refractivity contribution in [2.24, 2.45) is 0 Å². The normalized spacial score (nSPS) is 10.2. The Balaban J connectivity index is 2.45. The van der Waals surface area contributed by atoms with E-state index < -0.39 is 0 Å². The standard InChI is InChI=1S/C10H11Cl3O/c11-5-1-2-6-14-10-7-8(12)3-4-9(10)13/h3-4,7H,1-2,5-6H2. The van der Waals surface area contributed by atoms with Crippen LogP contribution in [0.4, 0.5) is 0 Å². The molecular weight excluding hydrogens is 242 g/mol. The van der Waals surface area contributed by atoms with Gasteiger partial charge in [0, 0.05) is 17.0 Å². The molecule has 1 nitrogen and oxygen atoms in total. The van der Waals surface area contributed by atoms with Crippen molar-refractivity contribution >= 4 is 34.8 Å². The van der Waals surface area contributed by atoms with Crippen LogP contribution in [-0.4, -0.2) is 12.5 Å². The number of unbranched alkanes of at least 4 members (excludes halogenated alkanes) is 1. The molecule has 0 amide bonds. The number of hydrogen-bond acceptors (Lipinski definition) is 1. The summed E-state index contributed by atoms with van der Waals surface area (Å²) in [6.07, 6.45) is 1.87. The Morgan fingerprint density at radius 1 is 1.14 bits per heavy atom. The summed E-state index contributed by atoms with van der Waals surface area (Å²) in [5.74, 6) is 1.29. The van der Waals surface area contributed by atoms with Gasteiger partial charge in [-0.25, -0.2) is 0 Å². The summed E-state index contributed by atoms with van der Waals surface area (Å²) in [4.78, 5) is 0. The third kappa shape index (κ3) is 3.95. The highest BCUT2D eigenvalue weighted by Crippen LogP contribution is 2.27. The quantitative estimate of drug-likeness (QED) is 0.558. The number of rotatable bonds is 5. The summed E-state index contributed by atoms with van der Waals surface area (Å²) in [6.45, 7) is 0.618. The van der Waals surface area contributed by atoms with Crippen molar-refractivity contribution in [3.8, 4) is 5.75 Å². The zero-order valence-corrected chi connectivity index (χ0v) is 9.87. The molecule has 0 bridgehead atoms. The van der Waals surface area contributed by atoms with Crippen LogP contribution in [0.3, 0.4) is 0 Å². The van der Waals surface area contributed by atoms with Crippen LogP contribution in [-0.2, 0) is 0 Å². The van der Waals surface area contributed by atoms with Gasteiger partial charge in [-0.05, 0) is 25.0 Å². The predicted molar refractivity (Wildman–Crippen MR) is 61.9 cm³/mol. The lowest BCUT2D eigenvalue weighted by molar-refractivity contribution is 0.310. The zero-order chi connectivity index (χ0) is 10.4. The third-order valence-electron chi connectivity index (χ3n) is 1.68. The molecule has 0 radical (unpaired) electrons. The van der Waals surface area contributed by atoms with Crippen molar-refractivity contribution < 1.29 is 4.74 Å². The second-order valence-electron chi connectivity index (χ2n) is 2.82. The van der Waals surface area contributed by atoms with E-state index in [1.807, 2.05) is 0 Å². The highest BCUT2D eigenvalue weighted by Gasteiger charge is 2.01. The minimum absolute atomic E-state index is 0.584. The molecule has 0 unspecified atom stereocenters. The second-order valence-corrected chi connectivity index (χ2v) is 4.04. The topological polar surface area (TPSA) is 9.23 Å². The molecule has 1 aromatic rings. The molecule has 0 aliphatic carbocycles. The summed E-state index contributed by atoms with van der Waals surface area (Å²) >= 11 is 17.2. The molecule has 78 valence electrons. The fourth-order valence-electron chi connectivity index (χ4n) is 0.966. The minimum atomic E-state index is 0.584. The summed E-state index contributed by atoms with van der Waals surface area (Å²) in [5, 5.41) is 1.21. The fourth-order valence-corrected chi connectivity index (χ4v) is 1.49. The van der Waals surface area contributed by atoms with Crippen molar-refractivity contribution in [2.75, 3.05) is 12.5 Å². The van der Waals surface area contributed by atoms with Gasteiger partial charge in [-0.1, -0.05) is 23.2 Å². The summed E-state index contributed by atoms with van der Waals surface area (Å²) in [6, 6.07) is 5.17. The van der Waals surface area contributed by atoms with Crippen LogP contribution in [0.1, 0.15) is 12.8 Å². The molecule has 0 fully saturated rings. The first-order valence-electron chi connectivity index (χ1n) is 4.38. The van der Waals surface area contributed by atoms with Crippen LogP contribution in [0.5, 0.6) is 5.75 Å². The van der Waals surface area contributed by atoms with E-state index in [0.29, 0.717) is 28.3 Å². The molecule has 0 aliphatic heterocycles. The average Bonchev–Trinajstić information content (AvgIpc) is 2.18. The lowest BCUT2D eigenvalue weighted by Gasteiger charge is -2.07. The van der Waals surface area contributed by atoms with Gasteiger partial charge in [0.25, 0.3) is 0 Å². The Bertz CT molecular complexity index is 289. The molecule has 0 saturated carbocycles. The van der Waals surface area contributed by atoms with E-state index in [4.69, 9.17) is 39.5 Å². The monoisotopic (exact) mass is 252 g/mol. The molecule has 0 aliphatic rings. The van der Waals surface area contributed by atoms with Gasteiger partial charge in [-0.15, -0.1) is 11.6 Å². The van der Waals surface area contributed by atoms with Crippen LogP contribution < -0.4 is 4.74 Å². The van der Waals surface area contributed by atoms with E-state index in [-0.39, 0.29) is 0 Å². The summed E-state index contributed by atoms with van der Waals surface area (Å²) in [5.41, 5.74) is 0. The van der Waals surface area contributed by atoms with E-state index in [0.717, 1.165) is 12.8 Å². The van der Waals surface area contributed by atoms with Crippen molar-refractivity contribution in [3.63, 3.8) is 0 Å².